The van der Waals surface area contributed by atoms with Gasteiger partial charge in [0.05, 0.1) is 12.6 Å². The highest BCUT2D eigenvalue weighted by atomic mass is 19.4. The molecular weight excluding hydrogens is 353 g/mol. The summed E-state index contributed by atoms with van der Waals surface area (Å²) in [6.45, 7) is 0. The largest absolute Gasteiger partial charge is 0.471 e. The molecule has 0 bridgehead atoms. The fraction of sp³-hybridized carbons (Fsp3) is 0.294. The minimum absolute atomic E-state index is 0.149. The number of nitrogens with one attached hydrogen (secondary N) is 1. The van der Waals surface area contributed by atoms with Crippen LogP contribution in [-0.2, 0) is 25.5 Å². The minimum Gasteiger partial charge on any atom is -0.467 e. The summed E-state index contributed by atoms with van der Waals surface area (Å²) in [6, 6.07) is 7.00. The molecule has 1 heterocycles. The van der Waals surface area contributed by atoms with Gasteiger partial charge in [0.25, 0.3) is 0 Å². The van der Waals surface area contributed by atoms with Crippen molar-refractivity contribution < 1.29 is 32.3 Å². The maximum Gasteiger partial charge on any atom is 0.471 e. The zero-order valence-corrected chi connectivity index (χ0v) is 13.7. The Bertz CT molecular complexity index is 831. The van der Waals surface area contributed by atoms with Gasteiger partial charge >= 0.3 is 18.1 Å². The number of carbonyl (C=O) groups is 3. The first-order chi connectivity index (χ1) is 12.2. The number of carbonyl (C=O) groups excluding carboxylic acids is 3. The van der Waals surface area contributed by atoms with Crippen LogP contribution in [0.4, 0.5) is 13.2 Å². The summed E-state index contributed by atoms with van der Waals surface area (Å²) in [6.07, 6.45) is -4.40. The highest BCUT2D eigenvalue weighted by molar-refractivity contribution is 5.93. The Morgan fingerprint density at radius 3 is 2.54 bits per heavy atom. The van der Waals surface area contributed by atoms with E-state index in [-0.39, 0.29) is 6.42 Å². The number of hydrogen-bond donors (Lipinski definition) is 1. The first-order valence-electron chi connectivity index (χ1n) is 7.52. The van der Waals surface area contributed by atoms with Crippen molar-refractivity contribution in [1.82, 2.24) is 10.3 Å². The van der Waals surface area contributed by atoms with Gasteiger partial charge in [0.1, 0.15) is 11.8 Å². The van der Waals surface area contributed by atoms with Crippen molar-refractivity contribution in [3.05, 3.63) is 42.1 Å². The molecule has 0 spiro atoms. The number of ketones is 1. The van der Waals surface area contributed by atoms with Crippen LogP contribution in [0.1, 0.15) is 12.0 Å². The average molecular weight is 368 g/mol. The lowest BCUT2D eigenvalue weighted by atomic mass is 10.0. The van der Waals surface area contributed by atoms with Gasteiger partial charge in [0.15, 0.2) is 0 Å². The van der Waals surface area contributed by atoms with Gasteiger partial charge in [-0.2, -0.15) is 13.2 Å². The summed E-state index contributed by atoms with van der Waals surface area (Å²) in [5.74, 6) is -3.99. The smallest absolute Gasteiger partial charge is 0.467 e. The molecule has 1 atom stereocenters. The van der Waals surface area contributed by atoms with Gasteiger partial charge in [-0.3, -0.25) is 14.6 Å². The quantitative estimate of drug-likeness (QED) is 0.788. The standard InChI is InChI=1S/C17H15F3N2O4/c1-26-15(24)13(22-16(25)17(18,19)20)9-12(23)8-11-5-2-4-10-6-3-7-21-14(10)11/h2-7,13H,8-9H2,1H3,(H,22,25)/t13-/m1/s1. The number of nitrogens with zero attached hydrogens (tertiary/aromatic N) is 1. The number of esters is 1. The van der Waals surface area contributed by atoms with E-state index in [4.69, 9.17) is 0 Å². The number of halogens is 3. The van der Waals surface area contributed by atoms with Crippen molar-refractivity contribution in [2.75, 3.05) is 7.11 Å². The number of methoxy groups -OCH3 is 1. The molecule has 9 heteroatoms. The van der Waals surface area contributed by atoms with Crippen LogP contribution in [0.3, 0.4) is 0 Å². The minimum atomic E-state index is -5.17. The van der Waals surface area contributed by atoms with E-state index in [0.29, 0.717) is 11.1 Å². The second kappa shape index (κ2) is 7.94. The number of ether oxygens (including phenoxy) is 1. The molecule has 1 N–H and O–H groups in total. The van der Waals surface area contributed by atoms with Crippen molar-refractivity contribution in [3.63, 3.8) is 0 Å². The van der Waals surface area contributed by atoms with Crippen LogP contribution >= 0.6 is 0 Å². The van der Waals surface area contributed by atoms with Crippen molar-refractivity contribution >= 4 is 28.6 Å². The molecular formula is C17H15F3N2O4. The van der Waals surface area contributed by atoms with Crippen LogP contribution in [0, 0.1) is 0 Å². The number of aromatic nitrogens is 1. The van der Waals surface area contributed by atoms with Gasteiger partial charge in [-0.1, -0.05) is 24.3 Å². The van der Waals surface area contributed by atoms with E-state index in [1.54, 1.807) is 36.5 Å². The molecule has 1 aromatic carbocycles. The van der Waals surface area contributed by atoms with Crippen LogP contribution < -0.4 is 5.32 Å². The third-order valence-electron chi connectivity index (χ3n) is 3.58. The maximum atomic E-state index is 12.4. The van der Waals surface area contributed by atoms with E-state index < -0.39 is 36.3 Å². The van der Waals surface area contributed by atoms with Gasteiger partial charge in [0, 0.05) is 24.4 Å². The Morgan fingerprint density at radius 1 is 1.19 bits per heavy atom. The highest BCUT2D eigenvalue weighted by Crippen LogP contribution is 2.18. The van der Waals surface area contributed by atoms with E-state index in [0.717, 1.165) is 12.5 Å². The SMILES string of the molecule is COC(=O)[C@@H](CC(=O)Cc1cccc2cccnc12)NC(=O)C(F)(F)F. The number of amides is 1. The Morgan fingerprint density at radius 2 is 1.88 bits per heavy atom. The molecule has 1 aromatic heterocycles. The molecule has 0 saturated carbocycles. The number of Topliss-reactive ketones (excluding diaryl/α,β-unsaturated/α-hetero) is 1. The van der Waals surface area contributed by atoms with E-state index >= 15 is 0 Å². The van der Waals surface area contributed by atoms with Crippen molar-refractivity contribution in [2.45, 2.75) is 25.1 Å². The Hall–Kier alpha value is -2.97. The number of pyridine rings is 1. The maximum absolute atomic E-state index is 12.4. The fourth-order valence-electron chi connectivity index (χ4n) is 2.40. The molecule has 2 aromatic rings. The Labute approximate surface area is 146 Å². The number of para-hydroxylation sites is 1. The molecule has 1 amide bonds. The summed E-state index contributed by atoms with van der Waals surface area (Å²) in [5, 5.41) is 2.29. The summed E-state index contributed by atoms with van der Waals surface area (Å²) < 4.78 is 41.5. The Balaban J connectivity index is 2.14. The molecule has 26 heavy (non-hydrogen) atoms. The van der Waals surface area contributed by atoms with Crippen LogP contribution in [-0.4, -0.2) is 42.0 Å². The lowest BCUT2D eigenvalue weighted by Crippen LogP contribution is -2.48. The third-order valence-corrected chi connectivity index (χ3v) is 3.58. The zero-order valence-electron chi connectivity index (χ0n) is 13.7. The van der Waals surface area contributed by atoms with Crippen LogP contribution in [0.2, 0.25) is 0 Å². The van der Waals surface area contributed by atoms with Gasteiger partial charge in [-0.05, 0) is 11.6 Å². The van der Waals surface area contributed by atoms with Crippen molar-refractivity contribution in [2.24, 2.45) is 0 Å². The lowest BCUT2D eigenvalue weighted by molar-refractivity contribution is -0.175. The molecule has 0 aliphatic heterocycles. The molecule has 0 unspecified atom stereocenters. The summed E-state index contributed by atoms with van der Waals surface area (Å²) in [7, 11) is 0.953. The highest BCUT2D eigenvalue weighted by Gasteiger charge is 2.41. The lowest BCUT2D eigenvalue weighted by Gasteiger charge is -2.17. The molecule has 0 saturated heterocycles. The monoisotopic (exact) mass is 368 g/mol. The molecule has 0 fully saturated rings. The number of hydrogen-bond acceptors (Lipinski definition) is 5. The van der Waals surface area contributed by atoms with Crippen LogP contribution in [0.15, 0.2) is 36.5 Å². The van der Waals surface area contributed by atoms with Gasteiger partial charge < -0.3 is 10.1 Å². The fourth-order valence-corrected chi connectivity index (χ4v) is 2.40. The first-order valence-corrected chi connectivity index (χ1v) is 7.52. The van der Waals surface area contributed by atoms with E-state index in [1.165, 1.54) is 5.32 Å². The normalized spacial score (nSPS) is 12.5. The topological polar surface area (TPSA) is 85.4 Å². The van der Waals surface area contributed by atoms with Crippen LogP contribution in [0.25, 0.3) is 10.9 Å². The van der Waals surface area contributed by atoms with Crippen molar-refractivity contribution in [1.29, 1.82) is 0 Å². The number of fused-ring (bicyclic) bond motifs is 1. The van der Waals surface area contributed by atoms with Crippen LogP contribution in [0.5, 0.6) is 0 Å². The number of rotatable bonds is 6. The summed E-state index contributed by atoms with van der Waals surface area (Å²) >= 11 is 0. The first kappa shape index (κ1) is 19.4. The molecule has 2 rings (SSSR count). The average Bonchev–Trinajstić information content (AvgIpc) is 2.60. The third kappa shape index (κ3) is 4.78. The zero-order chi connectivity index (χ0) is 19.3. The molecule has 138 valence electrons. The van der Waals surface area contributed by atoms with Gasteiger partial charge in [-0.25, -0.2) is 4.79 Å². The predicted molar refractivity (Wildman–Crippen MR) is 85.1 cm³/mol. The van der Waals surface area contributed by atoms with Gasteiger partial charge in [-0.15, -0.1) is 0 Å². The number of alkyl halides is 3. The molecule has 0 aliphatic rings. The molecule has 6 nitrogen and oxygen atoms in total. The number of benzene rings is 1. The summed E-state index contributed by atoms with van der Waals surface area (Å²) in [4.78, 5) is 39.1. The van der Waals surface area contributed by atoms with E-state index in [9.17, 15) is 27.6 Å². The van der Waals surface area contributed by atoms with Gasteiger partial charge in [0.2, 0.25) is 0 Å². The second-order valence-electron chi connectivity index (χ2n) is 5.46. The summed E-state index contributed by atoms with van der Waals surface area (Å²) in [5.41, 5.74) is 1.15. The molecule has 0 aliphatic carbocycles. The Kier molecular flexibility index (Phi) is 5.91. The van der Waals surface area contributed by atoms with E-state index in [2.05, 4.69) is 9.72 Å². The molecule has 0 radical (unpaired) electrons. The van der Waals surface area contributed by atoms with Crippen molar-refractivity contribution in [3.8, 4) is 0 Å². The second-order valence-corrected chi connectivity index (χ2v) is 5.46. The predicted octanol–water partition coefficient (Wildman–Crippen LogP) is 1.96. The van der Waals surface area contributed by atoms with E-state index in [1.807, 2.05) is 0 Å².